The molecule has 4 aromatic rings. The molecule has 8 heteroatoms. The molecule has 1 N–H and O–H groups in total. The van der Waals surface area contributed by atoms with Crippen LogP contribution in [0.2, 0.25) is 0 Å². The first kappa shape index (κ1) is 22.9. The average molecular weight is 487 g/mol. The van der Waals surface area contributed by atoms with Crippen LogP contribution in [-0.4, -0.2) is 22.4 Å². The Morgan fingerprint density at radius 1 is 1.03 bits per heavy atom. The summed E-state index contributed by atoms with van der Waals surface area (Å²) in [6, 6.07) is 21.3. The van der Waals surface area contributed by atoms with Gasteiger partial charge in [-0.3, -0.25) is 4.90 Å². The monoisotopic (exact) mass is 486 g/mol. The molecule has 1 aliphatic rings. The van der Waals surface area contributed by atoms with Crippen molar-refractivity contribution in [3.63, 3.8) is 0 Å². The molecule has 1 unspecified atom stereocenters. The van der Waals surface area contributed by atoms with Crippen molar-refractivity contribution in [2.24, 2.45) is 0 Å². The van der Waals surface area contributed by atoms with E-state index in [0.29, 0.717) is 34.2 Å². The van der Waals surface area contributed by atoms with Crippen molar-refractivity contribution < 1.29 is 13.7 Å². The summed E-state index contributed by atoms with van der Waals surface area (Å²) in [5.41, 5.74) is 4.02. The maximum absolute atomic E-state index is 13.9. The first-order valence-electron chi connectivity index (χ1n) is 11.1. The van der Waals surface area contributed by atoms with Crippen LogP contribution in [0.4, 0.5) is 14.9 Å². The molecule has 176 valence electrons. The lowest BCUT2D eigenvalue weighted by Gasteiger charge is -2.35. The van der Waals surface area contributed by atoms with Gasteiger partial charge in [-0.1, -0.05) is 47.6 Å². The molecule has 6 nitrogen and oxygen atoms in total. The Hall–Kier alpha value is -3.91. The van der Waals surface area contributed by atoms with Gasteiger partial charge in [0.2, 0.25) is 5.82 Å². The second kappa shape index (κ2) is 9.38. The van der Waals surface area contributed by atoms with Crippen molar-refractivity contribution in [1.82, 2.24) is 15.5 Å². The highest BCUT2D eigenvalue weighted by Crippen LogP contribution is 2.39. The normalized spacial score (nSPS) is 15.9. The van der Waals surface area contributed by atoms with Crippen molar-refractivity contribution in [3.8, 4) is 11.4 Å². The molecule has 0 bridgehead atoms. The summed E-state index contributed by atoms with van der Waals surface area (Å²) < 4.78 is 19.7. The van der Waals surface area contributed by atoms with Crippen LogP contribution >= 0.6 is 11.8 Å². The first-order chi connectivity index (χ1) is 17.0. The molecule has 35 heavy (non-hydrogen) atoms. The van der Waals surface area contributed by atoms with E-state index in [2.05, 4.69) is 15.5 Å². The smallest absolute Gasteiger partial charge is 0.326 e. The molecule has 1 atom stereocenters. The quantitative estimate of drug-likeness (QED) is 0.322. The van der Waals surface area contributed by atoms with E-state index in [0.717, 1.165) is 16.0 Å². The Morgan fingerprint density at radius 2 is 1.77 bits per heavy atom. The van der Waals surface area contributed by atoms with Crippen LogP contribution in [-0.2, 0) is 0 Å². The van der Waals surface area contributed by atoms with Crippen LogP contribution in [0.25, 0.3) is 17.0 Å². The van der Waals surface area contributed by atoms with Gasteiger partial charge in [0.25, 0.3) is 5.89 Å². The van der Waals surface area contributed by atoms with Crippen molar-refractivity contribution in [3.05, 3.63) is 101 Å². The molecule has 0 spiro atoms. The zero-order valence-electron chi connectivity index (χ0n) is 19.4. The van der Waals surface area contributed by atoms with E-state index in [1.54, 1.807) is 30.8 Å². The lowest BCUT2D eigenvalue weighted by molar-refractivity contribution is 0.244. The number of nitrogens with one attached hydrogen (secondary N) is 1. The molecular weight excluding hydrogens is 463 g/mol. The van der Waals surface area contributed by atoms with Gasteiger partial charge in [-0.15, -0.1) is 11.8 Å². The van der Waals surface area contributed by atoms with Gasteiger partial charge < -0.3 is 9.84 Å². The molecule has 3 aromatic carbocycles. The molecule has 0 radical (unpaired) electrons. The number of aryl methyl sites for hydroxylation is 1. The largest absolute Gasteiger partial charge is 0.334 e. The van der Waals surface area contributed by atoms with E-state index in [1.165, 1.54) is 11.0 Å². The Kier molecular flexibility index (Phi) is 6.13. The van der Waals surface area contributed by atoms with Crippen LogP contribution in [0.15, 0.2) is 87.9 Å². The number of carbonyl (C=O) groups excluding carboxylic acids is 1. The number of anilines is 1. The molecule has 5 rings (SSSR count). The SMILES string of the molecule is CSc1ccc(C2NC(=O)N(c3ccc(F)c(C)c3)C(C)=C2c2nc(-c3ccccc3)no2)cc1. The van der Waals surface area contributed by atoms with Crippen LogP contribution in [0.5, 0.6) is 0 Å². The standard InChI is InChI=1S/C27H23FN4O2S/c1-16-15-20(11-14-22(16)28)32-17(2)23(26-30-25(31-34-26)19-7-5-4-6-8-19)24(29-27(32)33)18-9-12-21(35-3)13-10-18/h4-15,24H,1-3H3,(H,29,33). The maximum Gasteiger partial charge on any atom is 0.326 e. The minimum Gasteiger partial charge on any atom is -0.334 e. The van der Waals surface area contributed by atoms with E-state index in [4.69, 9.17) is 4.52 Å². The number of nitrogens with zero attached hydrogens (tertiary/aromatic N) is 3. The van der Waals surface area contributed by atoms with Crippen LogP contribution in [0, 0.1) is 12.7 Å². The molecule has 0 fully saturated rings. The van der Waals surface area contributed by atoms with Gasteiger partial charge in [-0.25, -0.2) is 9.18 Å². The van der Waals surface area contributed by atoms with E-state index in [9.17, 15) is 9.18 Å². The predicted molar refractivity (Wildman–Crippen MR) is 135 cm³/mol. The van der Waals surface area contributed by atoms with E-state index in [-0.39, 0.29) is 11.8 Å². The number of thioether (sulfide) groups is 1. The van der Waals surface area contributed by atoms with Gasteiger partial charge in [-0.05, 0) is 61.6 Å². The second-order valence-electron chi connectivity index (χ2n) is 8.21. The minimum absolute atomic E-state index is 0.309. The van der Waals surface area contributed by atoms with Crippen molar-refractivity contribution in [1.29, 1.82) is 0 Å². The van der Waals surface area contributed by atoms with Gasteiger partial charge in [0.15, 0.2) is 0 Å². The van der Waals surface area contributed by atoms with Gasteiger partial charge in [0.1, 0.15) is 5.82 Å². The van der Waals surface area contributed by atoms with Crippen molar-refractivity contribution in [2.75, 3.05) is 11.2 Å². The number of urea groups is 1. The summed E-state index contributed by atoms with van der Waals surface area (Å²) in [6.45, 7) is 3.50. The van der Waals surface area contributed by atoms with Gasteiger partial charge in [0.05, 0.1) is 17.3 Å². The lowest BCUT2D eigenvalue weighted by Crippen LogP contribution is -2.46. The Morgan fingerprint density at radius 3 is 2.46 bits per heavy atom. The number of allylic oxidation sites excluding steroid dienone is 1. The van der Waals surface area contributed by atoms with Crippen LogP contribution in [0.3, 0.4) is 0 Å². The Bertz CT molecular complexity index is 1420. The Labute approximate surface area is 206 Å². The second-order valence-corrected chi connectivity index (χ2v) is 9.09. The zero-order chi connectivity index (χ0) is 24.5. The van der Waals surface area contributed by atoms with E-state index >= 15 is 0 Å². The topological polar surface area (TPSA) is 71.3 Å². The lowest BCUT2D eigenvalue weighted by atomic mass is 9.94. The number of amides is 2. The summed E-state index contributed by atoms with van der Waals surface area (Å²) in [5.74, 6) is 0.437. The van der Waals surface area contributed by atoms with Crippen LogP contribution in [0.1, 0.15) is 30.0 Å². The fraction of sp³-hybridized carbons (Fsp3) is 0.148. The average Bonchev–Trinajstić information content (AvgIpc) is 3.36. The third-order valence-electron chi connectivity index (χ3n) is 6.02. The number of rotatable bonds is 5. The third kappa shape index (κ3) is 4.33. The molecular formula is C27H23FN4O2S. The maximum atomic E-state index is 13.9. The van der Waals surface area contributed by atoms with Gasteiger partial charge >= 0.3 is 6.03 Å². The number of halogens is 1. The predicted octanol–water partition coefficient (Wildman–Crippen LogP) is 6.61. The molecule has 0 saturated heterocycles. The summed E-state index contributed by atoms with van der Waals surface area (Å²) in [4.78, 5) is 20.6. The highest BCUT2D eigenvalue weighted by Gasteiger charge is 2.36. The number of benzene rings is 3. The molecule has 0 aliphatic carbocycles. The minimum atomic E-state index is -0.500. The summed E-state index contributed by atoms with van der Waals surface area (Å²) in [5, 5.41) is 7.27. The summed E-state index contributed by atoms with van der Waals surface area (Å²) in [6.07, 6.45) is 2.01. The number of carbonyl (C=O) groups is 1. The Balaban J connectivity index is 1.65. The highest BCUT2D eigenvalue weighted by molar-refractivity contribution is 7.98. The van der Waals surface area contributed by atoms with E-state index < -0.39 is 6.04 Å². The molecule has 0 saturated carbocycles. The molecule has 2 heterocycles. The number of aromatic nitrogens is 2. The number of hydrogen-bond donors (Lipinski definition) is 1. The zero-order valence-corrected chi connectivity index (χ0v) is 20.3. The highest BCUT2D eigenvalue weighted by atomic mass is 32.2. The van der Waals surface area contributed by atoms with Crippen molar-refractivity contribution in [2.45, 2.75) is 24.8 Å². The van der Waals surface area contributed by atoms with Gasteiger partial charge in [0, 0.05) is 16.2 Å². The fourth-order valence-corrected chi connectivity index (χ4v) is 4.59. The molecule has 1 aromatic heterocycles. The third-order valence-corrected chi connectivity index (χ3v) is 6.77. The first-order valence-corrected chi connectivity index (χ1v) is 12.3. The summed E-state index contributed by atoms with van der Waals surface area (Å²) >= 11 is 1.64. The fourth-order valence-electron chi connectivity index (χ4n) is 4.18. The number of hydrogen-bond acceptors (Lipinski definition) is 5. The van der Waals surface area contributed by atoms with Crippen molar-refractivity contribution >= 4 is 29.1 Å². The van der Waals surface area contributed by atoms with Crippen LogP contribution < -0.4 is 10.2 Å². The molecule has 1 aliphatic heterocycles. The van der Waals surface area contributed by atoms with E-state index in [1.807, 2.05) is 67.8 Å². The summed E-state index contributed by atoms with van der Waals surface area (Å²) in [7, 11) is 0. The molecule has 2 amide bonds. The van der Waals surface area contributed by atoms with Gasteiger partial charge in [-0.2, -0.15) is 4.98 Å².